The molecule has 0 aliphatic heterocycles. The molecule has 0 atom stereocenters. The Morgan fingerprint density at radius 2 is 1.83 bits per heavy atom. The van der Waals surface area contributed by atoms with Crippen molar-refractivity contribution in [2.45, 2.75) is 27.7 Å². The predicted octanol–water partition coefficient (Wildman–Crippen LogP) is 3.49. The molecule has 1 heterocycles. The van der Waals surface area contributed by atoms with Gasteiger partial charge < -0.3 is 9.64 Å². The topological polar surface area (TPSA) is 46.9 Å². The first-order valence-electron chi connectivity index (χ1n) is 10.1. The molecule has 0 spiro atoms. The van der Waals surface area contributed by atoms with Crippen molar-refractivity contribution >= 4 is 32.6 Å². The quantitative estimate of drug-likeness (QED) is 0.616. The van der Waals surface area contributed by atoms with Crippen molar-refractivity contribution in [2.75, 3.05) is 38.2 Å². The van der Waals surface area contributed by atoms with Crippen molar-refractivity contribution in [3.8, 4) is 5.75 Å². The number of benzene rings is 2. The zero-order valence-corrected chi connectivity index (χ0v) is 18.7. The number of rotatable bonds is 8. The summed E-state index contributed by atoms with van der Waals surface area (Å²) in [5.74, 6) is 0.722. The fraction of sp³-hybridized carbons (Fsp3) is 0.391. The van der Waals surface area contributed by atoms with Gasteiger partial charge in [0.25, 0.3) is 5.91 Å². The number of quaternary nitrogens is 1. The molecule has 0 unspecified atom stereocenters. The van der Waals surface area contributed by atoms with Crippen LogP contribution in [0.25, 0.3) is 10.2 Å². The Hall–Kier alpha value is -2.44. The molecule has 6 heteroatoms. The number of fused-ring (bicyclic) bond motifs is 1. The van der Waals surface area contributed by atoms with E-state index in [2.05, 4.69) is 39.8 Å². The summed E-state index contributed by atoms with van der Waals surface area (Å²) in [7, 11) is 1.63. The highest BCUT2D eigenvalue weighted by atomic mass is 32.1. The minimum atomic E-state index is -0.0207. The molecular formula is C23H30N3O2S+. The van der Waals surface area contributed by atoms with Crippen LogP contribution in [-0.2, 0) is 0 Å². The van der Waals surface area contributed by atoms with Gasteiger partial charge in [0.05, 0.1) is 43.5 Å². The number of aromatic nitrogens is 1. The first-order valence-corrected chi connectivity index (χ1v) is 11.0. The molecule has 5 nitrogen and oxygen atoms in total. The smallest absolute Gasteiger partial charge is 0.260 e. The number of anilines is 1. The van der Waals surface area contributed by atoms with Crippen LogP contribution < -0.4 is 14.5 Å². The van der Waals surface area contributed by atoms with Crippen molar-refractivity contribution in [1.29, 1.82) is 0 Å². The van der Waals surface area contributed by atoms with Gasteiger partial charge in [0.1, 0.15) is 5.75 Å². The Morgan fingerprint density at radius 1 is 1.14 bits per heavy atom. The fourth-order valence-electron chi connectivity index (χ4n) is 3.53. The zero-order chi connectivity index (χ0) is 21.0. The molecule has 0 aliphatic rings. The maximum atomic E-state index is 13.4. The maximum absolute atomic E-state index is 13.4. The second-order valence-electron chi connectivity index (χ2n) is 7.32. The van der Waals surface area contributed by atoms with Crippen LogP contribution in [0.15, 0.2) is 36.4 Å². The van der Waals surface area contributed by atoms with Crippen LogP contribution in [0, 0.1) is 13.8 Å². The number of likely N-dealkylation sites (N-methyl/N-ethyl adjacent to an activating group) is 1. The molecule has 29 heavy (non-hydrogen) atoms. The van der Waals surface area contributed by atoms with E-state index in [1.165, 1.54) is 16.0 Å². The summed E-state index contributed by atoms with van der Waals surface area (Å²) >= 11 is 1.60. The summed E-state index contributed by atoms with van der Waals surface area (Å²) < 4.78 is 6.37. The van der Waals surface area contributed by atoms with Crippen molar-refractivity contribution in [2.24, 2.45) is 0 Å². The van der Waals surface area contributed by atoms with E-state index in [0.717, 1.165) is 40.7 Å². The lowest BCUT2D eigenvalue weighted by Crippen LogP contribution is -3.12. The Bertz CT molecular complexity index is 978. The summed E-state index contributed by atoms with van der Waals surface area (Å²) in [5, 5.41) is 0.765. The van der Waals surface area contributed by atoms with Gasteiger partial charge in [-0.25, -0.2) is 4.98 Å². The summed E-state index contributed by atoms with van der Waals surface area (Å²) in [4.78, 5) is 21.5. The molecule has 0 radical (unpaired) electrons. The van der Waals surface area contributed by atoms with E-state index in [-0.39, 0.29) is 5.91 Å². The van der Waals surface area contributed by atoms with Crippen LogP contribution in [0.4, 0.5) is 5.13 Å². The number of hydrogen-bond acceptors (Lipinski definition) is 4. The van der Waals surface area contributed by atoms with Gasteiger partial charge in [0.15, 0.2) is 5.13 Å². The highest BCUT2D eigenvalue weighted by Gasteiger charge is 2.23. The highest BCUT2D eigenvalue weighted by molar-refractivity contribution is 7.22. The van der Waals surface area contributed by atoms with Crippen molar-refractivity contribution in [1.82, 2.24) is 4.98 Å². The number of carbonyl (C=O) groups is 1. The third-order valence-corrected chi connectivity index (χ3v) is 6.54. The molecule has 3 aromatic rings. The lowest BCUT2D eigenvalue weighted by molar-refractivity contribution is -0.894. The molecule has 0 bridgehead atoms. The summed E-state index contributed by atoms with van der Waals surface area (Å²) in [5.41, 5.74) is 4.00. The normalized spacial score (nSPS) is 11.2. The Labute approximate surface area is 176 Å². The molecule has 0 fully saturated rings. The zero-order valence-electron chi connectivity index (χ0n) is 17.9. The van der Waals surface area contributed by atoms with E-state index < -0.39 is 0 Å². The van der Waals surface area contributed by atoms with E-state index in [1.54, 1.807) is 18.4 Å². The molecular weight excluding hydrogens is 382 g/mol. The van der Waals surface area contributed by atoms with Crippen LogP contribution in [0.3, 0.4) is 0 Å². The van der Waals surface area contributed by atoms with Gasteiger partial charge in [-0.2, -0.15) is 0 Å². The van der Waals surface area contributed by atoms with Crippen LogP contribution in [0.5, 0.6) is 5.75 Å². The number of methoxy groups -OCH3 is 1. The van der Waals surface area contributed by atoms with E-state index >= 15 is 0 Å². The Morgan fingerprint density at radius 3 is 2.45 bits per heavy atom. The van der Waals surface area contributed by atoms with Gasteiger partial charge in [-0.1, -0.05) is 17.4 Å². The van der Waals surface area contributed by atoms with Crippen LogP contribution in [0.2, 0.25) is 0 Å². The number of carbonyl (C=O) groups excluding carboxylic acids is 1. The Kier molecular flexibility index (Phi) is 6.87. The average Bonchev–Trinajstić information content (AvgIpc) is 3.15. The van der Waals surface area contributed by atoms with E-state index in [4.69, 9.17) is 9.72 Å². The SMILES string of the molecule is CC[NH+](CC)CCN(C(=O)c1ccc(OC)cc1)c1nc2cc(C)cc(C)c2s1. The van der Waals surface area contributed by atoms with Gasteiger partial charge in [0.2, 0.25) is 0 Å². The summed E-state index contributed by atoms with van der Waals surface area (Å²) in [6.45, 7) is 12.2. The Balaban J connectivity index is 1.97. The summed E-state index contributed by atoms with van der Waals surface area (Å²) in [6, 6.07) is 11.6. The summed E-state index contributed by atoms with van der Waals surface area (Å²) in [6.07, 6.45) is 0. The lowest BCUT2D eigenvalue weighted by atomic mass is 10.1. The van der Waals surface area contributed by atoms with E-state index in [9.17, 15) is 4.79 Å². The fourth-order valence-corrected chi connectivity index (χ4v) is 4.57. The second kappa shape index (κ2) is 9.37. The molecule has 0 aliphatic carbocycles. The van der Waals surface area contributed by atoms with Crippen molar-refractivity contribution in [3.05, 3.63) is 53.1 Å². The number of thiazole rings is 1. The standard InChI is InChI=1S/C23H29N3O2S/c1-6-25(7-2)12-13-26(22(27)18-8-10-19(28-5)11-9-18)23-24-20-15-16(3)14-17(4)21(20)29-23/h8-11,14-15H,6-7,12-13H2,1-5H3/p+1. The molecule has 1 N–H and O–H groups in total. The molecule has 1 amide bonds. The lowest BCUT2D eigenvalue weighted by Gasteiger charge is -2.23. The van der Waals surface area contributed by atoms with Crippen molar-refractivity contribution in [3.63, 3.8) is 0 Å². The molecule has 0 saturated carbocycles. The first kappa shape index (κ1) is 21.3. The molecule has 154 valence electrons. The van der Waals surface area contributed by atoms with Crippen LogP contribution in [0.1, 0.15) is 35.3 Å². The minimum absolute atomic E-state index is 0.0207. The molecule has 3 rings (SSSR count). The van der Waals surface area contributed by atoms with E-state index in [0.29, 0.717) is 12.1 Å². The maximum Gasteiger partial charge on any atom is 0.260 e. The number of nitrogens with zero attached hydrogens (tertiary/aromatic N) is 2. The number of aryl methyl sites for hydroxylation is 2. The van der Waals surface area contributed by atoms with Crippen LogP contribution in [-0.4, -0.2) is 44.2 Å². The first-order chi connectivity index (χ1) is 14.0. The molecule has 1 aromatic heterocycles. The van der Waals surface area contributed by atoms with Crippen LogP contribution >= 0.6 is 11.3 Å². The van der Waals surface area contributed by atoms with Crippen molar-refractivity contribution < 1.29 is 14.4 Å². The largest absolute Gasteiger partial charge is 0.497 e. The van der Waals surface area contributed by atoms with Gasteiger partial charge in [-0.05, 0) is 69.2 Å². The molecule has 0 saturated heterocycles. The monoisotopic (exact) mass is 412 g/mol. The third kappa shape index (κ3) is 4.77. The predicted molar refractivity (Wildman–Crippen MR) is 121 cm³/mol. The number of nitrogens with one attached hydrogen (secondary N) is 1. The van der Waals surface area contributed by atoms with Gasteiger partial charge in [-0.15, -0.1) is 0 Å². The second-order valence-corrected chi connectivity index (χ2v) is 8.30. The van der Waals surface area contributed by atoms with E-state index in [1.807, 2.05) is 29.2 Å². The average molecular weight is 413 g/mol. The number of hydrogen-bond donors (Lipinski definition) is 1. The molecule has 2 aromatic carbocycles. The van der Waals surface area contributed by atoms with Gasteiger partial charge >= 0.3 is 0 Å². The van der Waals surface area contributed by atoms with Gasteiger partial charge in [0, 0.05) is 5.56 Å². The minimum Gasteiger partial charge on any atom is -0.497 e. The third-order valence-electron chi connectivity index (χ3n) is 5.31. The highest BCUT2D eigenvalue weighted by Crippen LogP contribution is 2.32. The number of ether oxygens (including phenoxy) is 1. The number of amides is 1. The van der Waals surface area contributed by atoms with Gasteiger partial charge in [-0.3, -0.25) is 9.69 Å².